The van der Waals surface area contributed by atoms with E-state index in [9.17, 15) is 4.79 Å². The van der Waals surface area contributed by atoms with Crippen LogP contribution in [0.15, 0.2) is 36.4 Å². The Morgan fingerprint density at radius 1 is 1.19 bits per heavy atom. The number of morpholine rings is 1. The molecule has 0 bridgehead atoms. The molecule has 1 amide bonds. The maximum Gasteiger partial charge on any atom is 0.254 e. The van der Waals surface area contributed by atoms with Gasteiger partial charge in [0, 0.05) is 26.2 Å². The van der Waals surface area contributed by atoms with E-state index >= 15 is 0 Å². The number of anilines is 1. The predicted octanol–water partition coefficient (Wildman–Crippen LogP) is 2.85. The highest BCUT2D eigenvalue weighted by atomic mass is 16.5. The number of aryl methyl sites for hydroxylation is 2. The van der Waals surface area contributed by atoms with Gasteiger partial charge in [-0.05, 0) is 54.7 Å². The van der Waals surface area contributed by atoms with Crippen molar-refractivity contribution in [2.75, 3.05) is 38.7 Å². The first-order valence-corrected chi connectivity index (χ1v) is 9.29. The normalized spacial score (nSPS) is 19.3. The monoisotopic (exact) mass is 351 g/mol. The van der Waals surface area contributed by atoms with Gasteiger partial charge in [0.2, 0.25) is 0 Å². The molecule has 136 valence electrons. The van der Waals surface area contributed by atoms with Crippen molar-refractivity contribution in [3.63, 3.8) is 0 Å². The van der Waals surface area contributed by atoms with Gasteiger partial charge in [-0.25, -0.2) is 4.98 Å². The molecule has 1 aliphatic carbocycles. The first-order valence-electron chi connectivity index (χ1n) is 9.29. The Bertz CT molecular complexity index is 819. The Labute approximate surface area is 154 Å². The molecule has 5 heteroatoms. The van der Waals surface area contributed by atoms with Crippen molar-refractivity contribution in [2.24, 2.45) is 0 Å². The number of amides is 1. The third kappa shape index (κ3) is 3.31. The van der Waals surface area contributed by atoms with E-state index < -0.39 is 0 Å². The molecule has 1 aromatic carbocycles. The van der Waals surface area contributed by atoms with Crippen molar-refractivity contribution in [3.8, 4) is 0 Å². The Balaban J connectivity index is 1.51. The largest absolute Gasteiger partial charge is 0.368 e. The Morgan fingerprint density at radius 3 is 2.88 bits per heavy atom. The molecule has 1 aromatic heterocycles. The first kappa shape index (κ1) is 17.0. The summed E-state index contributed by atoms with van der Waals surface area (Å²) in [5.74, 6) is 0.991. The lowest BCUT2D eigenvalue weighted by Crippen LogP contribution is -2.42. The fraction of sp³-hybridized carbons (Fsp3) is 0.429. The van der Waals surface area contributed by atoms with E-state index in [1.165, 1.54) is 17.5 Å². The number of ether oxygens (including phenoxy) is 1. The number of hydrogen-bond acceptors (Lipinski definition) is 4. The van der Waals surface area contributed by atoms with Gasteiger partial charge in [0.25, 0.3) is 5.91 Å². The van der Waals surface area contributed by atoms with E-state index in [-0.39, 0.29) is 12.0 Å². The minimum absolute atomic E-state index is 0.0942. The molecule has 1 atom stereocenters. The third-order valence-corrected chi connectivity index (χ3v) is 5.24. The van der Waals surface area contributed by atoms with Crippen molar-refractivity contribution >= 4 is 11.7 Å². The number of pyridine rings is 1. The molecule has 0 spiro atoms. The number of carbonyl (C=O) groups is 1. The maximum absolute atomic E-state index is 13.0. The number of hydrogen-bond donors (Lipinski definition) is 0. The van der Waals surface area contributed by atoms with Crippen LogP contribution < -0.4 is 4.90 Å². The Morgan fingerprint density at radius 2 is 2.04 bits per heavy atom. The minimum Gasteiger partial charge on any atom is -0.368 e. The van der Waals surface area contributed by atoms with E-state index in [2.05, 4.69) is 17.1 Å². The summed E-state index contributed by atoms with van der Waals surface area (Å²) in [6.07, 6.45) is 3.24. The van der Waals surface area contributed by atoms with Crippen molar-refractivity contribution in [1.29, 1.82) is 0 Å². The molecule has 0 N–H and O–H groups in total. The third-order valence-electron chi connectivity index (χ3n) is 5.24. The minimum atomic E-state index is -0.179. The summed E-state index contributed by atoms with van der Waals surface area (Å²) in [6, 6.07) is 12.1. The van der Waals surface area contributed by atoms with Crippen molar-refractivity contribution in [2.45, 2.75) is 25.4 Å². The Kier molecular flexibility index (Phi) is 4.64. The van der Waals surface area contributed by atoms with Crippen molar-refractivity contribution < 1.29 is 9.53 Å². The molecule has 4 rings (SSSR count). The molecule has 5 nitrogen and oxygen atoms in total. The van der Waals surface area contributed by atoms with Crippen LogP contribution >= 0.6 is 0 Å². The lowest BCUT2D eigenvalue weighted by atomic mass is 10.0. The highest BCUT2D eigenvalue weighted by molar-refractivity contribution is 5.94. The maximum atomic E-state index is 13.0. The Hall–Kier alpha value is -2.40. The van der Waals surface area contributed by atoms with E-state index in [1.54, 1.807) is 0 Å². The van der Waals surface area contributed by atoms with E-state index in [1.807, 2.05) is 48.2 Å². The van der Waals surface area contributed by atoms with E-state index in [4.69, 9.17) is 4.74 Å². The molecular formula is C21H25N3O2. The number of nitrogens with zero attached hydrogens (tertiary/aromatic N) is 3. The topological polar surface area (TPSA) is 45.7 Å². The average molecular weight is 351 g/mol. The number of fused-ring (bicyclic) bond motifs is 1. The van der Waals surface area contributed by atoms with Crippen LogP contribution in [-0.2, 0) is 17.6 Å². The second-order valence-electron chi connectivity index (χ2n) is 7.26. The summed E-state index contributed by atoms with van der Waals surface area (Å²) in [5, 5.41) is 0. The van der Waals surface area contributed by atoms with Crippen LogP contribution in [0.25, 0.3) is 0 Å². The number of carbonyl (C=O) groups excluding carboxylic acids is 1. The first-order chi connectivity index (χ1) is 12.6. The molecule has 1 unspecified atom stereocenters. The summed E-state index contributed by atoms with van der Waals surface area (Å²) < 4.78 is 5.91. The van der Waals surface area contributed by atoms with Gasteiger partial charge in [-0.15, -0.1) is 0 Å². The number of aromatic nitrogens is 1. The average Bonchev–Trinajstić information content (AvgIpc) is 3.15. The summed E-state index contributed by atoms with van der Waals surface area (Å²) in [4.78, 5) is 21.5. The molecule has 2 aromatic rings. The lowest BCUT2D eigenvalue weighted by Gasteiger charge is -2.33. The summed E-state index contributed by atoms with van der Waals surface area (Å²) in [5.41, 5.74) is 4.40. The van der Waals surface area contributed by atoms with Gasteiger partial charge < -0.3 is 14.5 Å². The van der Waals surface area contributed by atoms with Crippen LogP contribution in [0.5, 0.6) is 0 Å². The van der Waals surface area contributed by atoms with Crippen molar-refractivity contribution in [3.05, 3.63) is 58.8 Å². The van der Waals surface area contributed by atoms with Gasteiger partial charge in [0.15, 0.2) is 0 Å². The zero-order chi connectivity index (χ0) is 18.1. The molecule has 1 saturated heterocycles. The summed E-state index contributed by atoms with van der Waals surface area (Å²) >= 11 is 0. The van der Waals surface area contributed by atoms with Crippen LogP contribution in [0.1, 0.15) is 39.7 Å². The number of rotatable bonds is 3. The zero-order valence-electron chi connectivity index (χ0n) is 15.4. The van der Waals surface area contributed by atoms with Crippen LogP contribution in [0.3, 0.4) is 0 Å². The highest BCUT2D eigenvalue weighted by Crippen LogP contribution is 2.26. The van der Waals surface area contributed by atoms with E-state index in [0.29, 0.717) is 19.7 Å². The number of benzene rings is 1. The van der Waals surface area contributed by atoms with Gasteiger partial charge >= 0.3 is 0 Å². The molecule has 1 fully saturated rings. The molecule has 2 heterocycles. The summed E-state index contributed by atoms with van der Waals surface area (Å²) in [6.45, 7) is 1.70. The SMILES string of the molecule is CN(C)c1cccc(C2CN(C(=O)c3ccc4c(c3)CCC4)CCO2)n1. The van der Waals surface area contributed by atoms with Crippen LogP contribution in [0.2, 0.25) is 0 Å². The molecule has 0 saturated carbocycles. The molecule has 26 heavy (non-hydrogen) atoms. The lowest BCUT2D eigenvalue weighted by molar-refractivity contribution is -0.0246. The van der Waals surface area contributed by atoms with Crippen LogP contribution in [0, 0.1) is 0 Å². The molecule has 0 radical (unpaired) electrons. The van der Waals surface area contributed by atoms with Crippen molar-refractivity contribution in [1.82, 2.24) is 9.88 Å². The van der Waals surface area contributed by atoms with Gasteiger partial charge in [-0.3, -0.25) is 4.79 Å². The summed E-state index contributed by atoms with van der Waals surface area (Å²) in [7, 11) is 3.94. The second-order valence-corrected chi connectivity index (χ2v) is 7.26. The fourth-order valence-corrected chi connectivity index (χ4v) is 3.77. The van der Waals surface area contributed by atoms with Gasteiger partial charge in [-0.1, -0.05) is 12.1 Å². The zero-order valence-corrected chi connectivity index (χ0v) is 15.4. The van der Waals surface area contributed by atoms with Crippen LogP contribution in [-0.4, -0.2) is 49.6 Å². The molecule has 2 aliphatic rings. The highest BCUT2D eigenvalue weighted by Gasteiger charge is 2.27. The molecular weight excluding hydrogens is 326 g/mol. The van der Waals surface area contributed by atoms with Gasteiger partial charge in [0.05, 0.1) is 18.8 Å². The smallest absolute Gasteiger partial charge is 0.254 e. The van der Waals surface area contributed by atoms with E-state index in [0.717, 1.165) is 29.9 Å². The molecule has 1 aliphatic heterocycles. The standard InChI is InChI=1S/C21H25N3O2/c1-23(2)20-8-4-7-18(22-20)19-14-24(11-12-26-19)21(25)17-10-9-15-5-3-6-16(15)13-17/h4,7-10,13,19H,3,5-6,11-12,14H2,1-2H3. The van der Waals surface area contributed by atoms with Gasteiger partial charge in [-0.2, -0.15) is 0 Å². The quantitative estimate of drug-likeness (QED) is 0.853. The van der Waals surface area contributed by atoms with Gasteiger partial charge in [0.1, 0.15) is 11.9 Å². The predicted molar refractivity (Wildman–Crippen MR) is 102 cm³/mol. The fourth-order valence-electron chi connectivity index (χ4n) is 3.77. The second kappa shape index (κ2) is 7.08. The van der Waals surface area contributed by atoms with Crippen LogP contribution in [0.4, 0.5) is 5.82 Å².